The van der Waals surface area contributed by atoms with Crippen LogP contribution in [-0.2, 0) is 4.79 Å². The van der Waals surface area contributed by atoms with Gasteiger partial charge in [-0.1, -0.05) is 30.3 Å². The van der Waals surface area contributed by atoms with Crippen molar-refractivity contribution in [2.24, 2.45) is 0 Å². The standard InChI is InChI=1S/C13H17NO2S/c15-13(16)12(10-4-2-1-3-5-10)14-11-6-8-17-9-7-11/h1-5,11-12,14H,6-9H2,(H,15,16). The second-order valence-corrected chi connectivity index (χ2v) is 5.46. The third kappa shape index (κ3) is 3.48. The summed E-state index contributed by atoms with van der Waals surface area (Å²) in [6, 6.07) is 9.14. The molecule has 1 aliphatic heterocycles. The highest BCUT2D eigenvalue weighted by Crippen LogP contribution is 2.21. The molecule has 0 radical (unpaired) electrons. The fraction of sp³-hybridized carbons (Fsp3) is 0.462. The van der Waals surface area contributed by atoms with Gasteiger partial charge in [0.15, 0.2) is 0 Å². The first-order valence-electron chi connectivity index (χ1n) is 5.89. The lowest BCUT2D eigenvalue weighted by Crippen LogP contribution is -2.39. The van der Waals surface area contributed by atoms with Gasteiger partial charge in [-0.3, -0.25) is 10.1 Å². The Kier molecular flexibility index (Phi) is 4.45. The second-order valence-electron chi connectivity index (χ2n) is 4.24. The molecular weight excluding hydrogens is 234 g/mol. The Labute approximate surface area is 106 Å². The number of rotatable bonds is 4. The average Bonchev–Trinajstić information content (AvgIpc) is 2.38. The summed E-state index contributed by atoms with van der Waals surface area (Å²) in [7, 11) is 0. The van der Waals surface area contributed by atoms with Crippen LogP contribution in [0, 0.1) is 0 Å². The van der Waals surface area contributed by atoms with Crippen LogP contribution in [0.2, 0.25) is 0 Å². The van der Waals surface area contributed by atoms with Gasteiger partial charge in [0.2, 0.25) is 0 Å². The Balaban J connectivity index is 2.05. The molecule has 0 amide bonds. The van der Waals surface area contributed by atoms with Gasteiger partial charge >= 0.3 is 5.97 Å². The topological polar surface area (TPSA) is 49.3 Å². The first-order valence-corrected chi connectivity index (χ1v) is 7.04. The zero-order valence-corrected chi connectivity index (χ0v) is 10.5. The van der Waals surface area contributed by atoms with Gasteiger partial charge in [0, 0.05) is 6.04 Å². The third-order valence-electron chi connectivity index (χ3n) is 3.00. The van der Waals surface area contributed by atoms with Crippen LogP contribution in [0.3, 0.4) is 0 Å². The van der Waals surface area contributed by atoms with E-state index in [1.807, 2.05) is 42.1 Å². The maximum Gasteiger partial charge on any atom is 0.325 e. The van der Waals surface area contributed by atoms with E-state index in [1.165, 1.54) is 0 Å². The number of carbonyl (C=O) groups is 1. The van der Waals surface area contributed by atoms with Crippen molar-refractivity contribution in [3.05, 3.63) is 35.9 Å². The van der Waals surface area contributed by atoms with Gasteiger partial charge in [-0.2, -0.15) is 11.8 Å². The molecule has 0 aromatic heterocycles. The summed E-state index contributed by atoms with van der Waals surface area (Å²) in [5.41, 5.74) is 0.832. The lowest BCUT2D eigenvalue weighted by molar-refractivity contribution is -0.139. The Hall–Kier alpha value is -1.00. The molecule has 1 unspecified atom stereocenters. The fourth-order valence-electron chi connectivity index (χ4n) is 2.06. The molecule has 1 saturated heterocycles. The van der Waals surface area contributed by atoms with Crippen molar-refractivity contribution >= 4 is 17.7 Å². The zero-order chi connectivity index (χ0) is 12.1. The molecule has 1 aliphatic rings. The molecule has 1 heterocycles. The third-order valence-corrected chi connectivity index (χ3v) is 4.05. The summed E-state index contributed by atoms with van der Waals surface area (Å²) in [6.45, 7) is 0. The van der Waals surface area contributed by atoms with Gasteiger partial charge < -0.3 is 5.11 Å². The molecule has 3 nitrogen and oxygen atoms in total. The molecule has 1 aromatic carbocycles. The van der Waals surface area contributed by atoms with Crippen molar-refractivity contribution in [3.8, 4) is 0 Å². The van der Waals surface area contributed by atoms with E-state index in [0.29, 0.717) is 6.04 Å². The van der Waals surface area contributed by atoms with Crippen molar-refractivity contribution in [2.75, 3.05) is 11.5 Å². The number of benzene rings is 1. The number of nitrogens with one attached hydrogen (secondary N) is 1. The van der Waals surface area contributed by atoms with Crippen LogP contribution in [0.5, 0.6) is 0 Å². The van der Waals surface area contributed by atoms with Crippen molar-refractivity contribution in [3.63, 3.8) is 0 Å². The number of aliphatic carboxylic acids is 1. The average molecular weight is 251 g/mol. The Morgan fingerprint density at radius 1 is 1.29 bits per heavy atom. The lowest BCUT2D eigenvalue weighted by Gasteiger charge is -2.26. The molecule has 1 atom stereocenters. The number of thioether (sulfide) groups is 1. The monoisotopic (exact) mass is 251 g/mol. The van der Waals surface area contributed by atoms with E-state index < -0.39 is 12.0 Å². The van der Waals surface area contributed by atoms with E-state index in [1.54, 1.807) is 0 Å². The summed E-state index contributed by atoms with van der Waals surface area (Å²) in [5.74, 6) is 1.45. The number of hydrogen-bond acceptors (Lipinski definition) is 3. The van der Waals surface area contributed by atoms with E-state index >= 15 is 0 Å². The summed E-state index contributed by atoms with van der Waals surface area (Å²) in [4.78, 5) is 11.3. The van der Waals surface area contributed by atoms with E-state index in [-0.39, 0.29) is 0 Å². The highest BCUT2D eigenvalue weighted by molar-refractivity contribution is 7.99. The highest BCUT2D eigenvalue weighted by atomic mass is 32.2. The minimum absolute atomic E-state index is 0.331. The molecule has 0 saturated carbocycles. The molecular formula is C13H17NO2S. The molecule has 0 spiro atoms. The maximum absolute atomic E-state index is 11.3. The Morgan fingerprint density at radius 3 is 2.53 bits per heavy atom. The van der Waals surface area contributed by atoms with E-state index in [0.717, 1.165) is 29.9 Å². The molecule has 1 aromatic rings. The number of hydrogen-bond donors (Lipinski definition) is 2. The largest absolute Gasteiger partial charge is 0.480 e. The molecule has 2 N–H and O–H groups in total. The predicted octanol–water partition coefficient (Wildman–Crippen LogP) is 2.30. The van der Waals surface area contributed by atoms with Crippen LogP contribution in [0.4, 0.5) is 0 Å². The van der Waals surface area contributed by atoms with Crippen molar-refractivity contribution in [1.82, 2.24) is 5.32 Å². The van der Waals surface area contributed by atoms with Crippen LogP contribution in [0.25, 0.3) is 0 Å². The smallest absolute Gasteiger partial charge is 0.325 e. The Morgan fingerprint density at radius 2 is 1.94 bits per heavy atom. The lowest BCUT2D eigenvalue weighted by atomic mass is 10.0. The first kappa shape index (κ1) is 12.5. The molecule has 2 rings (SSSR count). The highest BCUT2D eigenvalue weighted by Gasteiger charge is 2.24. The van der Waals surface area contributed by atoms with Gasteiger partial charge in [-0.25, -0.2) is 0 Å². The molecule has 0 aliphatic carbocycles. The maximum atomic E-state index is 11.3. The Bertz CT molecular complexity index is 363. The fourth-order valence-corrected chi connectivity index (χ4v) is 3.16. The summed E-state index contributed by atoms with van der Waals surface area (Å²) < 4.78 is 0. The van der Waals surface area contributed by atoms with Crippen molar-refractivity contribution in [1.29, 1.82) is 0 Å². The zero-order valence-electron chi connectivity index (χ0n) is 9.63. The predicted molar refractivity (Wildman–Crippen MR) is 70.3 cm³/mol. The van der Waals surface area contributed by atoms with E-state index in [2.05, 4.69) is 5.32 Å². The minimum atomic E-state index is -0.797. The normalized spacial score (nSPS) is 18.8. The van der Waals surface area contributed by atoms with E-state index in [4.69, 9.17) is 0 Å². The van der Waals surface area contributed by atoms with E-state index in [9.17, 15) is 9.90 Å². The van der Waals surface area contributed by atoms with Crippen LogP contribution in [-0.4, -0.2) is 28.6 Å². The number of carboxylic acids is 1. The minimum Gasteiger partial charge on any atom is -0.480 e. The van der Waals surface area contributed by atoms with Crippen LogP contribution >= 0.6 is 11.8 Å². The molecule has 0 bridgehead atoms. The van der Waals surface area contributed by atoms with Crippen LogP contribution in [0.15, 0.2) is 30.3 Å². The SMILES string of the molecule is O=C(O)C(NC1CCSCC1)c1ccccc1. The summed E-state index contributed by atoms with van der Waals surface area (Å²) in [5, 5.41) is 12.5. The van der Waals surface area contributed by atoms with Gasteiger partial charge in [0.25, 0.3) is 0 Å². The van der Waals surface area contributed by atoms with Crippen molar-refractivity contribution < 1.29 is 9.90 Å². The first-order chi connectivity index (χ1) is 8.27. The summed E-state index contributed by atoms with van der Waals surface area (Å²) in [6.07, 6.45) is 2.11. The van der Waals surface area contributed by atoms with Gasteiger partial charge in [-0.05, 0) is 29.9 Å². The molecule has 92 valence electrons. The van der Waals surface area contributed by atoms with Crippen LogP contribution in [0.1, 0.15) is 24.4 Å². The molecule has 1 fully saturated rings. The van der Waals surface area contributed by atoms with Crippen LogP contribution < -0.4 is 5.32 Å². The van der Waals surface area contributed by atoms with Gasteiger partial charge in [0.05, 0.1) is 0 Å². The number of carboxylic acid groups (broad SMARTS) is 1. The van der Waals surface area contributed by atoms with Gasteiger partial charge in [-0.15, -0.1) is 0 Å². The van der Waals surface area contributed by atoms with Crippen molar-refractivity contribution in [2.45, 2.75) is 24.9 Å². The second kappa shape index (κ2) is 6.07. The molecule has 4 heteroatoms. The summed E-state index contributed by atoms with van der Waals surface area (Å²) >= 11 is 1.94. The quantitative estimate of drug-likeness (QED) is 0.862. The van der Waals surface area contributed by atoms with Gasteiger partial charge in [0.1, 0.15) is 6.04 Å². The molecule has 17 heavy (non-hydrogen) atoms.